The molecular formula is C28H31FN6O4. The molecule has 10 nitrogen and oxygen atoms in total. The molecule has 0 aliphatic heterocycles. The van der Waals surface area contributed by atoms with Crippen LogP contribution in [0.5, 0.6) is 11.5 Å². The molecule has 0 aliphatic carbocycles. The number of rotatable bonds is 13. The van der Waals surface area contributed by atoms with Gasteiger partial charge in [0.05, 0.1) is 37.7 Å². The molecule has 0 unspecified atom stereocenters. The summed E-state index contributed by atoms with van der Waals surface area (Å²) in [5.74, 6) is 0.660. The summed E-state index contributed by atoms with van der Waals surface area (Å²) in [6.45, 7) is 4.99. The van der Waals surface area contributed by atoms with E-state index in [1.165, 1.54) is 30.7 Å². The number of likely N-dealkylation sites (N-methyl/N-ethyl adjacent to an activating group) is 1. The number of aliphatic hydroxyl groups is 1. The Morgan fingerprint density at radius 3 is 2.56 bits per heavy atom. The molecule has 0 atom stereocenters. The topological polar surface area (TPSA) is 113 Å². The largest absolute Gasteiger partial charge is 0.493 e. The first kappa shape index (κ1) is 27.7. The van der Waals surface area contributed by atoms with Crippen LogP contribution in [-0.4, -0.2) is 70.8 Å². The van der Waals surface area contributed by atoms with Crippen molar-refractivity contribution in [2.75, 3.05) is 50.4 Å². The third-order valence-corrected chi connectivity index (χ3v) is 6.07. The van der Waals surface area contributed by atoms with E-state index in [-0.39, 0.29) is 23.1 Å². The number of benzene rings is 2. The highest BCUT2D eigenvalue weighted by Gasteiger charge is 2.19. The fourth-order valence-electron chi connectivity index (χ4n) is 3.99. The molecular weight excluding hydrogens is 503 g/mol. The lowest BCUT2D eigenvalue weighted by Crippen LogP contribution is -2.28. The number of hydrogen-bond acceptors (Lipinski definition) is 9. The molecule has 2 aromatic heterocycles. The lowest BCUT2D eigenvalue weighted by Gasteiger charge is -2.19. The zero-order valence-corrected chi connectivity index (χ0v) is 21.9. The second-order valence-corrected chi connectivity index (χ2v) is 8.58. The molecule has 0 radical (unpaired) electrons. The lowest BCUT2D eigenvalue weighted by atomic mass is 10.2. The SMILES string of the molecule is CCN(CCO)CCCOc1cc2ncnc(Nc3ccc(N(F)C(=O)c4ccccc4)nc3)c2cc1OC. The molecule has 0 aliphatic rings. The molecule has 4 aromatic rings. The minimum Gasteiger partial charge on any atom is -0.493 e. The van der Waals surface area contributed by atoms with Gasteiger partial charge in [0.15, 0.2) is 17.3 Å². The number of nitrogens with one attached hydrogen (secondary N) is 1. The number of aliphatic hydroxyl groups excluding tert-OH is 1. The molecule has 1 amide bonds. The highest BCUT2D eigenvalue weighted by atomic mass is 19.2. The van der Waals surface area contributed by atoms with Crippen molar-refractivity contribution in [1.82, 2.24) is 19.9 Å². The average Bonchev–Trinajstić information content (AvgIpc) is 2.98. The Hall–Kier alpha value is -4.35. The molecule has 2 aromatic carbocycles. The molecule has 0 saturated carbocycles. The first-order valence-electron chi connectivity index (χ1n) is 12.6. The molecule has 2 N–H and O–H groups in total. The maximum absolute atomic E-state index is 14.6. The van der Waals surface area contributed by atoms with E-state index in [4.69, 9.17) is 14.6 Å². The van der Waals surface area contributed by atoms with Crippen molar-refractivity contribution in [2.24, 2.45) is 0 Å². The Bertz CT molecular complexity index is 1370. The summed E-state index contributed by atoms with van der Waals surface area (Å²) in [6.07, 6.45) is 3.64. The van der Waals surface area contributed by atoms with Crippen LogP contribution in [0, 0.1) is 0 Å². The Morgan fingerprint density at radius 2 is 1.87 bits per heavy atom. The van der Waals surface area contributed by atoms with Gasteiger partial charge in [-0.25, -0.2) is 15.0 Å². The van der Waals surface area contributed by atoms with Gasteiger partial charge in [0.25, 0.3) is 5.91 Å². The zero-order chi connectivity index (χ0) is 27.6. The number of anilines is 3. The minimum atomic E-state index is -0.802. The number of halogens is 1. The summed E-state index contributed by atoms with van der Waals surface area (Å²) < 4.78 is 26.2. The average molecular weight is 535 g/mol. The number of carbonyl (C=O) groups is 1. The van der Waals surface area contributed by atoms with Gasteiger partial charge in [-0.1, -0.05) is 29.6 Å². The number of hydrogen-bond donors (Lipinski definition) is 2. The number of aromatic nitrogens is 3. The third kappa shape index (κ3) is 6.95. The van der Waals surface area contributed by atoms with Crippen LogP contribution in [0.2, 0.25) is 0 Å². The number of fused-ring (bicyclic) bond motifs is 1. The maximum atomic E-state index is 14.6. The molecule has 204 valence electrons. The van der Waals surface area contributed by atoms with Crippen LogP contribution < -0.4 is 19.9 Å². The smallest absolute Gasteiger partial charge is 0.287 e. The van der Waals surface area contributed by atoms with E-state index < -0.39 is 5.91 Å². The van der Waals surface area contributed by atoms with E-state index in [9.17, 15) is 9.28 Å². The number of pyridine rings is 1. The van der Waals surface area contributed by atoms with Crippen molar-refractivity contribution in [1.29, 1.82) is 0 Å². The molecule has 0 saturated heterocycles. The standard InChI is InChI=1S/C28H31FN6O4/c1-3-34(13-14-36)12-7-15-39-25-17-23-22(16-24(25)38-2)27(32-19-31-23)33-21-10-11-26(30-18-21)35(29)28(37)20-8-5-4-6-9-20/h4-6,8-11,16-19,36H,3,7,12-15H2,1-2H3,(H,31,32,33). The number of nitrogens with zero attached hydrogens (tertiary/aromatic N) is 5. The molecule has 0 spiro atoms. The number of methoxy groups -OCH3 is 1. The molecule has 4 rings (SSSR count). The highest BCUT2D eigenvalue weighted by molar-refractivity contribution is 6.04. The van der Waals surface area contributed by atoms with E-state index in [1.54, 1.807) is 43.5 Å². The van der Waals surface area contributed by atoms with Crippen LogP contribution in [0.1, 0.15) is 23.7 Å². The highest BCUT2D eigenvalue weighted by Crippen LogP contribution is 2.35. The second kappa shape index (κ2) is 13.4. The first-order chi connectivity index (χ1) is 19.0. The van der Waals surface area contributed by atoms with E-state index >= 15 is 0 Å². The van der Waals surface area contributed by atoms with Gasteiger partial charge in [-0.3, -0.25) is 4.79 Å². The van der Waals surface area contributed by atoms with Gasteiger partial charge in [-0.05, 0) is 43.3 Å². The minimum absolute atomic E-state index is 0.0119. The summed E-state index contributed by atoms with van der Waals surface area (Å²) in [5, 5.41) is 13.0. The van der Waals surface area contributed by atoms with Gasteiger partial charge in [0.1, 0.15) is 12.1 Å². The van der Waals surface area contributed by atoms with Gasteiger partial charge in [0.2, 0.25) is 0 Å². The monoisotopic (exact) mass is 534 g/mol. The molecule has 0 bridgehead atoms. The van der Waals surface area contributed by atoms with Crippen molar-refractivity contribution in [3.8, 4) is 11.5 Å². The third-order valence-electron chi connectivity index (χ3n) is 6.07. The second-order valence-electron chi connectivity index (χ2n) is 8.58. The fraction of sp³-hybridized carbons (Fsp3) is 0.286. The predicted molar refractivity (Wildman–Crippen MR) is 147 cm³/mol. The summed E-state index contributed by atoms with van der Waals surface area (Å²) in [5.41, 5.74) is 1.41. The van der Waals surface area contributed by atoms with Crippen LogP contribution in [0.25, 0.3) is 10.9 Å². The van der Waals surface area contributed by atoms with Gasteiger partial charge in [0, 0.05) is 30.1 Å². The van der Waals surface area contributed by atoms with Crippen molar-refractivity contribution < 1.29 is 23.9 Å². The van der Waals surface area contributed by atoms with Crippen LogP contribution in [0.15, 0.2) is 67.1 Å². The first-order valence-corrected chi connectivity index (χ1v) is 12.6. The number of ether oxygens (including phenoxy) is 2. The molecule has 39 heavy (non-hydrogen) atoms. The maximum Gasteiger partial charge on any atom is 0.287 e. The number of amides is 1. The van der Waals surface area contributed by atoms with Crippen LogP contribution >= 0.6 is 0 Å². The van der Waals surface area contributed by atoms with E-state index in [0.29, 0.717) is 47.1 Å². The molecule has 0 fully saturated rings. The van der Waals surface area contributed by atoms with Crippen molar-refractivity contribution in [3.63, 3.8) is 0 Å². The van der Waals surface area contributed by atoms with Crippen LogP contribution in [0.4, 0.5) is 21.8 Å². The van der Waals surface area contributed by atoms with Crippen LogP contribution in [0.3, 0.4) is 0 Å². The Kier molecular flexibility index (Phi) is 9.54. The fourth-order valence-corrected chi connectivity index (χ4v) is 3.99. The van der Waals surface area contributed by atoms with E-state index in [2.05, 4.69) is 32.1 Å². The Labute approximate surface area is 226 Å². The molecule has 2 heterocycles. The summed E-state index contributed by atoms with van der Waals surface area (Å²) >= 11 is 0. The van der Waals surface area contributed by atoms with Gasteiger partial charge in [-0.15, -0.1) is 5.12 Å². The normalized spacial score (nSPS) is 11.0. The van der Waals surface area contributed by atoms with Crippen molar-refractivity contribution in [3.05, 3.63) is 72.7 Å². The quantitative estimate of drug-likeness (QED) is 0.190. The molecule has 11 heteroatoms. The van der Waals surface area contributed by atoms with E-state index in [1.807, 2.05) is 0 Å². The summed E-state index contributed by atoms with van der Waals surface area (Å²) in [6, 6.07) is 14.7. The lowest BCUT2D eigenvalue weighted by molar-refractivity contribution is 0.0930. The summed E-state index contributed by atoms with van der Waals surface area (Å²) in [7, 11) is 1.56. The van der Waals surface area contributed by atoms with Crippen molar-refractivity contribution >= 4 is 34.1 Å². The van der Waals surface area contributed by atoms with E-state index in [0.717, 1.165) is 19.5 Å². The van der Waals surface area contributed by atoms with Gasteiger partial charge < -0.3 is 24.8 Å². The van der Waals surface area contributed by atoms with Crippen LogP contribution in [-0.2, 0) is 0 Å². The van der Waals surface area contributed by atoms with Gasteiger partial charge >= 0.3 is 0 Å². The summed E-state index contributed by atoms with van der Waals surface area (Å²) in [4.78, 5) is 27.3. The zero-order valence-electron chi connectivity index (χ0n) is 21.9. The predicted octanol–water partition coefficient (Wildman–Crippen LogP) is 4.39. The Morgan fingerprint density at radius 1 is 1.05 bits per heavy atom. The number of carbonyl (C=O) groups excluding carboxylic acids is 1. The Balaban J connectivity index is 1.46. The van der Waals surface area contributed by atoms with Gasteiger partial charge in [-0.2, -0.15) is 0 Å². The van der Waals surface area contributed by atoms with Crippen molar-refractivity contribution in [2.45, 2.75) is 13.3 Å².